The number of hydrogen-bond acceptors (Lipinski definition) is 3. The molecule has 1 heterocycles. The summed E-state index contributed by atoms with van der Waals surface area (Å²) in [6.45, 7) is 2.82. The van der Waals surface area contributed by atoms with Gasteiger partial charge in [-0.25, -0.2) is 0 Å². The molecular weight excluding hydrogens is 352 g/mol. The number of fused-ring (bicyclic) bond motifs is 1. The molecule has 2 N–H and O–H groups in total. The van der Waals surface area contributed by atoms with Gasteiger partial charge in [0.1, 0.15) is 11.5 Å². The Hall–Kier alpha value is -2.95. The first kappa shape index (κ1) is 19.8. The van der Waals surface area contributed by atoms with Crippen LogP contribution in [0.3, 0.4) is 0 Å². The van der Waals surface area contributed by atoms with E-state index in [0.29, 0.717) is 24.5 Å². The third-order valence-corrected chi connectivity index (χ3v) is 5.01. The molecular formula is C23H28N2O3. The van der Waals surface area contributed by atoms with Gasteiger partial charge in [0, 0.05) is 42.0 Å². The number of hydrogen-bond donors (Lipinski definition) is 2. The fourth-order valence-electron chi connectivity index (χ4n) is 3.48. The Balaban J connectivity index is 2.01. The van der Waals surface area contributed by atoms with Gasteiger partial charge in [-0.05, 0) is 35.7 Å². The summed E-state index contributed by atoms with van der Waals surface area (Å²) in [7, 11) is 3.27. The second kappa shape index (κ2) is 9.31. The van der Waals surface area contributed by atoms with E-state index < -0.39 is 0 Å². The van der Waals surface area contributed by atoms with Crippen molar-refractivity contribution in [2.75, 3.05) is 20.8 Å². The molecule has 5 heteroatoms. The smallest absolute Gasteiger partial charge is 0.220 e. The molecule has 2 aromatic carbocycles. The number of methoxy groups -OCH3 is 2. The molecule has 1 amide bonds. The Bertz CT molecular complexity index is 910. The van der Waals surface area contributed by atoms with Crippen molar-refractivity contribution < 1.29 is 14.3 Å². The van der Waals surface area contributed by atoms with Crippen LogP contribution in [0, 0.1) is 0 Å². The summed E-state index contributed by atoms with van der Waals surface area (Å²) in [4.78, 5) is 16.0. The third-order valence-electron chi connectivity index (χ3n) is 5.01. The van der Waals surface area contributed by atoms with Crippen LogP contribution in [0.1, 0.15) is 43.2 Å². The average Bonchev–Trinajstić information content (AvgIpc) is 3.15. The van der Waals surface area contributed by atoms with Crippen molar-refractivity contribution >= 4 is 16.8 Å². The zero-order valence-electron chi connectivity index (χ0n) is 16.7. The number of benzene rings is 2. The van der Waals surface area contributed by atoms with Gasteiger partial charge in [0.2, 0.25) is 5.91 Å². The van der Waals surface area contributed by atoms with Crippen LogP contribution in [0.2, 0.25) is 0 Å². The van der Waals surface area contributed by atoms with Gasteiger partial charge in [-0.2, -0.15) is 0 Å². The van der Waals surface area contributed by atoms with Crippen LogP contribution in [0.4, 0.5) is 0 Å². The number of ether oxygens (including phenoxy) is 2. The Labute approximate surface area is 166 Å². The lowest BCUT2D eigenvalue weighted by atomic mass is 9.87. The highest BCUT2D eigenvalue weighted by molar-refractivity contribution is 5.86. The van der Waals surface area contributed by atoms with Crippen LogP contribution in [0.5, 0.6) is 11.5 Å². The van der Waals surface area contributed by atoms with Crippen molar-refractivity contribution in [2.45, 2.75) is 32.1 Å². The highest BCUT2D eigenvalue weighted by Gasteiger charge is 2.22. The predicted octanol–water partition coefficient (Wildman–Crippen LogP) is 4.62. The zero-order valence-corrected chi connectivity index (χ0v) is 16.7. The number of aromatic nitrogens is 1. The largest absolute Gasteiger partial charge is 0.497 e. The first-order valence-corrected chi connectivity index (χ1v) is 9.72. The number of nitrogens with one attached hydrogen (secondary N) is 2. The van der Waals surface area contributed by atoms with E-state index in [4.69, 9.17) is 9.47 Å². The molecule has 0 fully saturated rings. The zero-order chi connectivity index (χ0) is 19.9. The first-order chi connectivity index (χ1) is 13.7. The molecule has 5 nitrogen and oxygen atoms in total. The average molecular weight is 380 g/mol. The fraction of sp³-hybridized carbons (Fsp3) is 0.348. The van der Waals surface area contributed by atoms with Crippen LogP contribution in [-0.4, -0.2) is 31.7 Å². The van der Waals surface area contributed by atoms with Crippen LogP contribution < -0.4 is 14.8 Å². The predicted molar refractivity (Wildman–Crippen MR) is 112 cm³/mol. The molecule has 1 atom stereocenters. The minimum atomic E-state index is -0.109. The summed E-state index contributed by atoms with van der Waals surface area (Å²) >= 11 is 0. The summed E-state index contributed by atoms with van der Waals surface area (Å²) in [6, 6.07) is 14.0. The van der Waals surface area contributed by atoms with E-state index in [9.17, 15) is 4.79 Å². The second-order valence-electron chi connectivity index (χ2n) is 6.90. The van der Waals surface area contributed by atoms with Crippen molar-refractivity contribution in [3.63, 3.8) is 0 Å². The Kier molecular flexibility index (Phi) is 6.58. The fourth-order valence-corrected chi connectivity index (χ4v) is 3.48. The number of aromatic amines is 1. The van der Waals surface area contributed by atoms with Gasteiger partial charge in [-0.1, -0.05) is 31.5 Å². The summed E-state index contributed by atoms with van der Waals surface area (Å²) in [5.74, 6) is 1.36. The van der Waals surface area contributed by atoms with Crippen LogP contribution in [0.15, 0.2) is 48.7 Å². The molecule has 1 unspecified atom stereocenters. The first-order valence-electron chi connectivity index (χ1n) is 9.72. The Morgan fingerprint density at radius 1 is 1.11 bits per heavy atom. The molecule has 3 aromatic rings. The van der Waals surface area contributed by atoms with Crippen LogP contribution in [0.25, 0.3) is 10.9 Å². The molecule has 28 heavy (non-hydrogen) atoms. The minimum Gasteiger partial charge on any atom is -0.497 e. The number of amides is 1. The summed E-state index contributed by atoms with van der Waals surface area (Å²) in [5, 5.41) is 4.16. The normalized spacial score (nSPS) is 12.0. The molecule has 0 bridgehead atoms. The van der Waals surface area contributed by atoms with Crippen molar-refractivity contribution in [1.82, 2.24) is 10.3 Å². The molecule has 3 rings (SSSR count). The number of rotatable bonds is 9. The van der Waals surface area contributed by atoms with Gasteiger partial charge in [-0.3, -0.25) is 4.79 Å². The van der Waals surface area contributed by atoms with Crippen molar-refractivity contribution in [3.05, 3.63) is 59.8 Å². The highest BCUT2D eigenvalue weighted by Crippen LogP contribution is 2.36. The summed E-state index contributed by atoms with van der Waals surface area (Å²) in [5.41, 5.74) is 3.15. The van der Waals surface area contributed by atoms with Crippen molar-refractivity contribution in [1.29, 1.82) is 0 Å². The monoisotopic (exact) mass is 380 g/mol. The van der Waals surface area contributed by atoms with E-state index in [-0.39, 0.29) is 11.8 Å². The van der Waals surface area contributed by atoms with Gasteiger partial charge in [0.15, 0.2) is 0 Å². The van der Waals surface area contributed by atoms with Gasteiger partial charge < -0.3 is 19.8 Å². The molecule has 0 saturated heterocycles. The lowest BCUT2D eigenvalue weighted by molar-refractivity contribution is -0.121. The standard InChI is InChI=1S/C23H28N2O3/c1-4-5-10-24-23(26)14-20(16-11-17(27-2)13-18(12-16)28-3)21-15-25-22-9-7-6-8-19(21)22/h6-9,11-13,15,20,25H,4-5,10,14H2,1-3H3,(H,24,26). The number of unbranched alkanes of at least 4 members (excludes halogenated alkanes) is 1. The van der Waals surface area contributed by atoms with Gasteiger partial charge in [0.05, 0.1) is 14.2 Å². The molecule has 0 radical (unpaired) electrons. The quantitative estimate of drug-likeness (QED) is 0.532. The molecule has 0 saturated carbocycles. The number of carbonyl (C=O) groups is 1. The lowest BCUT2D eigenvalue weighted by Gasteiger charge is -2.19. The van der Waals surface area contributed by atoms with Gasteiger partial charge in [0.25, 0.3) is 0 Å². The van der Waals surface area contributed by atoms with Gasteiger partial charge in [-0.15, -0.1) is 0 Å². The van der Waals surface area contributed by atoms with E-state index in [1.807, 2.05) is 42.6 Å². The summed E-state index contributed by atoms with van der Waals surface area (Å²) < 4.78 is 10.9. The lowest BCUT2D eigenvalue weighted by Crippen LogP contribution is -2.26. The van der Waals surface area contributed by atoms with Crippen molar-refractivity contribution in [3.8, 4) is 11.5 Å². The Morgan fingerprint density at radius 3 is 2.50 bits per heavy atom. The maximum atomic E-state index is 12.7. The van der Waals surface area contributed by atoms with E-state index in [1.165, 1.54) is 0 Å². The van der Waals surface area contributed by atoms with E-state index in [2.05, 4.69) is 23.3 Å². The number of carbonyl (C=O) groups excluding carboxylic acids is 1. The topological polar surface area (TPSA) is 63.4 Å². The molecule has 0 aliphatic carbocycles. The SMILES string of the molecule is CCCCNC(=O)CC(c1cc(OC)cc(OC)c1)c1c[nH]c2ccccc12. The highest BCUT2D eigenvalue weighted by atomic mass is 16.5. The van der Waals surface area contributed by atoms with Crippen molar-refractivity contribution in [2.24, 2.45) is 0 Å². The maximum Gasteiger partial charge on any atom is 0.220 e. The Morgan fingerprint density at radius 2 is 1.82 bits per heavy atom. The van der Waals surface area contributed by atoms with Crippen LogP contribution in [-0.2, 0) is 4.79 Å². The molecule has 0 aliphatic heterocycles. The molecule has 0 aliphatic rings. The van der Waals surface area contributed by atoms with Gasteiger partial charge >= 0.3 is 0 Å². The maximum absolute atomic E-state index is 12.7. The number of H-pyrrole nitrogens is 1. The van der Waals surface area contributed by atoms with E-state index >= 15 is 0 Å². The minimum absolute atomic E-state index is 0.0468. The van der Waals surface area contributed by atoms with E-state index in [1.54, 1.807) is 14.2 Å². The molecule has 1 aromatic heterocycles. The molecule has 0 spiro atoms. The third kappa shape index (κ3) is 4.47. The van der Waals surface area contributed by atoms with E-state index in [0.717, 1.165) is 34.9 Å². The van der Waals surface area contributed by atoms with Crippen LogP contribution >= 0.6 is 0 Å². The molecule has 148 valence electrons. The number of para-hydroxylation sites is 1. The summed E-state index contributed by atoms with van der Waals surface area (Å²) in [6.07, 6.45) is 4.40. The second-order valence-corrected chi connectivity index (χ2v) is 6.90.